The molecular formula is C13H15N5O3. The number of aliphatic hydroxyl groups is 1. The van der Waals surface area contributed by atoms with Gasteiger partial charge in [0.1, 0.15) is 18.0 Å². The van der Waals surface area contributed by atoms with Crippen molar-refractivity contribution in [2.75, 3.05) is 6.54 Å². The highest BCUT2D eigenvalue weighted by Gasteiger charge is 2.26. The number of ketones is 1. The van der Waals surface area contributed by atoms with Crippen molar-refractivity contribution in [3.8, 4) is 0 Å². The minimum absolute atomic E-state index is 0.0679. The predicted octanol–water partition coefficient (Wildman–Crippen LogP) is -1.13. The Labute approximate surface area is 119 Å². The average molecular weight is 289 g/mol. The summed E-state index contributed by atoms with van der Waals surface area (Å²) < 4.78 is 1.25. The first-order chi connectivity index (χ1) is 10.1. The van der Waals surface area contributed by atoms with Gasteiger partial charge in [0.25, 0.3) is 5.56 Å². The maximum atomic E-state index is 12.2. The second-order valence-corrected chi connectivity index (χ2v) is 5.10. The molecule has 2 atom stereocenters. The highest BCUT2D eigenvalue weighted by atomic mass is 16.3. The molecule has 110 valence electrons. The van der Waals surface area contributed by atoms with Crippen LogP contribution in [0.2, 0.25) is 0 Å². The topological polar surface area (TPSA) is 110 Å². The molecule has 8 heteroatoms. The van der Waals surface area contributed by atoms with Gasteiger partial charge in [-0.25, -0.2) is 15.0 Å². The van der Waals surface area contributed by atoms with Crippen molar-refractivity contribution in [2.45, 2.75) is 31.5 Å². The summed E-state index contributed by atoms with van der Waals surface area (Å²) in [5.41, 5.74) is -0.0274. The van der Waals surface area contributed by atoms with Crippen molar-refractivity contribution in [3.05, 3.63) is 29.2 Å². The molecular weight excluding hydrogens is 274 g/mol. The lowest BCUT2D eigenvalue weighted by atomic mass is 10.1. The Morgan fingerprint density at radius 3 is 3.10 bits per heavy atom. The van der Waals surface area contributed by atoms with Crippen molar-refractivity contribution < 1.29 is 9.90 Å². The van der Waals surface area contributed by atoms with E-state index in [-0.39, 0.29) is 35.7 Å². The van der Waals surface area contributed by atoms with Gasteiger partial charge in [-0.15, -0.1) is 0 Å². The normalized spacial score (nSPS) is 21.8. The number of hydrogen-bond acceptors (Lipinski definition) is 7. The number of nitrogens with zero attached hydrogens (tertiary/aromatic N) is 4. The third kappa shape index (κ3) is 2.81. The minimum Gasteiger partial charge on any atom is -0.391 e. The SMILES string of the molecule is O=C(C[C@@H]1NCC[C@H]1O)Cn1cnc2ncncc2c1=O. The molecule has 0 spiro atoms. The summed E-state index contributed by atoms with van der Waals surface area (Å²) >= 11 is 0. The van der Waals surface area contributed by atoms with Crippen LogP contribution in [0.25, 0.3) is 11.0 Å². The van der Waals surface area contributed by atoms with Crippen LogP contribution in [0.15, 0.2) is 23.6 Å². The van der Waals surface area contributed by atoms with Gasteiger partial charge in [-0.3, -0.25) is 14.2 Å². The largest absolute Gasteiger partial charge is 0.391 e. The number of rotatable bonds is 4. The van der Waals surface area contributed by atoms with Crippen LogP contribution in [0.1, 0.15) is 12.8 Å². The maximum absolute atomic E-state index is 12.2. The zero-order chi connectivity index (χ0) is 14.8. The summed E-state index contributed by atoms with van der Waals surface area (Å²) in [6, 6.07) is -0.232. The van der Waals surface area contributed by atoms with E-state index in [1.807, 2.05) is 0 Å². The third-order valence-electron chi connectivity index (χ3n) is 3.61. The Bertz CT molecular complexity index is 729. The molecule has 2 N–H and O–H groups in total. The fourth-order valence-electron chi connectivity index (χ4n) is 2.48. The lowest BCUT2D eigenvalue weighted by Crippen LogP contribution is -2.34. The van der Waals surface area contributed by atoms with Crippen molar-refractivity contribution in [2.24, 2.45) is 0 Å². The molecule has 0 radical (unpaired) electrons. The van der Waals surface area contributed by atoms with Crippen molar-refractivity contribution >= 4 is 16.8 Å². The number of hydrogen-bond donors (Lipinski definition) is 2. The van der Waals surface area contributed by atoms with Crippen molar-refractivity contribution in [1.82, 2.24) is 24.8 Å². The van der Waals surface area contributed by atoms with E-state index in [2.05, 4.69) is 20.3 Å². The number of aliphatic hydroxyl groups excluding tert-OH is 1. The second-order valence-electron chi connectivity index (χ2n) is 5.10. The molecule has 0 aromatic carbocycles. The van der Waals surface area contributed by atoms with E-state index < -0.39 is 6.10 Å². The zero-order valence-electron chi connectivity index (χ0n) is 11.3. The van der Waals surface area contributed by atoms with E-state index in [1.165, 1.54) is 23.4 Å². The molecule has 21 heavy (non-hydrogen) atoms. The number of carbonyl (C=O) groups is 1. The minimum atomic E-state index is -0.506. The van der Waals surface area contributed by atoms with Crippen molar-refractivity contribution in [3.63, 3.8) is 0 Å². The van der Waals surface area contributed by atoms with Gasteiger partial charge in [0.2, 0.25) is 0 Å². The van der Waals surface area contributed by atoms with Gasteiger partial charge in [0.15, 0.2) is 11.4 Å². The first-order valence-electron chi connectivity index (χ1n) is 6.73. The second kappa shape index (κ2) is 5.66. The first-order valence-corrected chi connectivity index (χ1v) is 6.73. The van der Waals surface area contributed by atoms with Crippen LogP contribution in [0.3, 0.4) is 0 Å². The van der Waals surface area contributed by atoms with Crippen molar-refractivity contribution in [1.29, 1.82) is 0 Å². The standard InChI is InChI=1S/C13H15N5O3/c19-8(3-10-11(20)1-2-15-10)5-18-7-17-12-9(13(18)21)4-14-6-16-12/h4,6-7,10-11,15,20H,1-3,5H2/t10-,11+/m0/s1. The van der Waals surface area contributed by atoms with E-state index in [1.54, 1.807) is 0 Å². The summed E-state index contributed by atoms with van der Waals surface area (Å²) in [5, 5.41) is 13.0. The molecule has 1 aliphatic rings. The van der Waals surface area contributed by atoms with Crippen LogP contribution in [0, 0.1) is 0 Å². The quantitative estimate of drug-likeness (QED) is 0.732. The fraction of sp³-hybridized carbons (Fsp3) is 0.462. The fourth-order valence-corrected chi connectivity index (χ4v) is 2.48. The lowest BCUT2D eigenvalue weighted by Gasteiger charge is -2.14. The summed E-state index contributed by atoms with van der Waals surface area (Å²) in [7, 11) is 0. The van der Waals surface area contributed by atoms with Crippen LogP contribution in [0.4, 0.5) is 0 Å². The van der Waals surface area contributed by atoms with Gasteiger partial charge in [0.05, 0.1) is 12.6 Å². The Hall–Kier alpha value is -2.19. The van der Waals surface area contributed by atoms with Crippen LogP contribution in [0.5, 0.6) is 0 Å². The molecule has 0 amide bonds. The highest BCUT2D eigenvalue weighted by Crippen LogP contribution is 2.11. The molecule has 0 unspecified atom stereocenters. The number of nitrogens with one attached hydrogen (secondary N) is 1. The van der Waals surface area contributed by atoms with E-state index in [0.717, 1.165) is 0 Å². The highest BCUT2D eigenvalue weighted by molar-refractivity contribution is 5.79. The Morgan fingerprint density at radius 1 is 1.48 bits per heavy atom. The Kier molecular flexibility index (Phi) is 3.72. The predicted molar refractivity (Wildman–Crippen MR) is 73.6 cm³/mol. The molecule has 1 fully saturated rings. The van der Waals surface area contributed by atoms with E-state index >= 15 is 0 Å². The molecule has 3 heterocycles. The first kappa shape index (κ1) is 13.8. The Morgan fingerprint density at radius 2 is 2.33 bits per heavy atom. The molecule has 1 aliphatic heterocycles. The van der Waals surface area contributed by atoms with Crippen LogP contribution >= 0.6 is 0 Å². The van der Waals surface area contributed by atoms with Gasteiger partial charge < -0.3 is 10.4 Å². The molecule has 2 aromatic heterocycles. The molecule has 1 saturated heterocycles. The molecule has 0 saturated carbocycles. The zero-order valence-corrected chi connectivity index (χ0v) is 11.3. The van der Waals surface area contributed by atoms with Gasteiger partial charge in [-0.1, -0.05) is 0 Å². The Balaban J connectivity index is 1.77. The number of Topliss-reactive ketones (excluding diaryl/α,β-unsaturated/α-hetero) is 1. The molecule has 8 nitrogen and oxygen atoms in total. The van der Waals surface area contributed by atoms with Gasteiger partial charge >= 0.3 is 0 Å². The van der Waals surface area contributed by atoms with Gasteiger partial charge in [-0.2, -0.15) is 0 Å². The van der Waals surface area contributed by atoms with E-state index in [9.17, 15) is 14.7 Å². The smallest absolute Gasteiger partial charge is 0.264 e. The molecule has 2 aromatic rings. The van der Waals surface area contributed by atoms with Crippen LogP contribution < -0.4 is 10.9 Å². The molecule has 3 rings (SSSR count). The summed E-state index contributed by atoms with van der Waals surface area (Å²) in [5.74, 6) is -0.131. The van der Waals surface area contributed by atoms with Crippen LogP contribution in [-0.2, 0) is 11.3 Å². The average Bonchev–Trinajstić information content (AvgIpc) is 2.87. The maximum Gasteiger partial charge on any atom is 0.264 e. The number of aromatic nitrogens is 4. The molecule has 0 aliphatic carbocycles. The van der Waals surface area contributed by atoms with E-state index in [4.69, 9.17) is 0 Å². The summed E-state index contributed by atoms with van der Waals surface area (Å²) in [4.78, 5) is 35.9. The third-order valence-corrected chi connectivity index (χ3v) is 3.61. The number of fused-ring (bicyclic) bond motifs is 1. The van der Waals surface area contributed by atoms with Crippen LogP contribution in [-0.4, -0.2) is 49.1 Å². The lowest BCUT2D eigenvalue weighted by molar-refractivity contribution is -0.120. The van der Waals surface area contributed by atoms with Gasteiger partial charge in [-0.05, 0) is 13.0 Å². The summed E-state index contributed by atoms with van der Waals surface area (Å²) in [6.07, 6.45) is 4.35. The number of carbonyl (C=O) groups excluding carboxylic acids is 1. The van der Waals surface area contributed by atoms with E-state index in [0.29, 0.717) is 18.6 Å². The molecule has 0 bridgehead atoms. The monoisotopic (exact) mass is 289 g/mol. The summed E-state index contributed by atoms with van der Waals surface area (Å²) in [6.45, 7) is 0.634. The van der Waals surface area contributed by atoms with Gasteiger partial charge in [0, 0.05) is 18.7 Å².